The van der Waals surface area contributed by atoms with Crippen molar-refractivity contribution in [2.75, 3.05) is 0 Å². The van der Waals surface area contributed by atoms with Crippen LogP contribution in [0.2, 0.25) is 0 Å². The number of nitriles is 1. The van der Waals surface area contributed by atoms with E-state index in [2.05, 4.69) is 4.98 Å². The van der Waals surface area contributed by atoms with E-state index in [-0.39, 0.29) is 16.3 Å². The SMILES string of the molecule is N#Cc1cncc2c(F)cc(F)cc12. The predicted molar refractivity (Wildman–Crippen MR) is 46.4 cm³/mol. The van der Waals surface area contributed by atoms with E-state index in [0.29, 0.717) is 0 Å². The molecule has 0 aliphatic carbocycles. The molecule has 2 rings (SSSR count). The van der Waals surface area contributed by atoms with Gasteiger partial charge >= 0.3 is 0 Å². The minimum absolute atomic E-state index is 0.158. The topological polar surface area (TPSA) is 36.7 Å². The largest absolute Gasteiger partial charge is 0.263 e. The summed E-state index contributed by atoms with van der Waals surface area (Å²) < 4.78 is 26.0. The van der Waals surface area contributed by atoms with Crippen LogP contribution >= 0.6 is 0 Å². The van der Waals surface area contributed by atoms with Crippen LogP contribution in [0.5, 0.6) is 0 Å². The minimum atomic E-state index is -0.704. The Morgan fingerprint density at radius 2 is 1.93 bits per heavy atom. The fourth-order valence-electron chi connectivity index (χ4n) is 1.28. The highest BCUT2D eigenvalue weighted by molar-refractivity contribution is 5.87. The van der Waals surface area contributed by atoms with Crippen LogP contribution in [-0.4, -0.2) is 4.98 Å². The lowest BCUT2D eigenvalue weighted by atomic mass is 10.1. The van der Waals surface area contributed by atoms with Crippen LogP contribution in [0.4, 0.5) is 8.78 Å². The molecule has 1 heterocycles. The second kappa shape index (κ2) is 3.04. The molecular formula is C10H4F2N2. The highest BCUT2D eigenvalue weighted by atomic mass is 19.1. The predicted octanol–water partition coefficient (Wildman–Crippen LogP) is 2.38. The standard InChI is InChI=1S/C10H4F2N2/c11-7-1-8-6(3-13)4-14-5-9(8)10(12)2-7/h1-2,4-5H. The number of benzene rings is 1. The number of rotatable bonds is 0. The Kier molecular flexibility index (Phi) is 1.86. The fourth-order valence-corrected chi connectivity index (χ4v) is 1.28. The van der Waals surface area contributed by atoms with Crippen molar-refractivity contribution in [3.63, 3.8) is 0 Å². The van der Waals surface area contributed by atoms with E-state index < -0.39 is 11.6 Å². The van der Waals surface area contributed by atoms with Crippen LogP contribution < -0.4 is 0 Å². The van der Waals surface area contributed by atoms with Gasteiger partial charge in [-0.3, -0.25) is 4.98 Å². The number of fused-ring (bicyclic) bond motifs is 1. The van der Waals surface area contributed by atoms with E-state index in [0.717, 1.165) is 12.1 Å². The molecule has 68 valence electrons. The number of hydrogen-bond acceptors (Lipinski definition) is 2. The molecule has 0 saturated heterocycles. The number of nitrogens with zero attached hydrogens (tertiary/aromatic N) is 2. The Balaban J connectivity index is 2.95. The second-order valence-electron chi connectivity index (χ2n) is 2.78. The summed E-state index contributed by atoms with van der Waals surface area (Å²) in [5.74, 6) is -1.40. The molecule has 1 aromatic heterocycles. The molecule has 2 aromatic rings. The molecule has 4 heteroatoms. The van der Waals surface area contributed by atoms with Gasteiger partial charge in [0, 0.05) is 29.2 Å². The van der Waals surface area contributed by atoms with Crippen LogP contribution in [-0.2, 0) is 0 Å². The first kappa shape index (κ1) is 8.57. The highest BCUT2D eigenvalue weighted by Crippen LogP contribution is 2.21. The van der Waals surface area contributed by atoms with Crippen molar-refractivity contribution in [1.29, 1.82) is 5.26 Å². The summed E-state index contributed by atoms with van der Waals surface area (Å²) in [6.07, 6.45) is 2.55. The summed E-state index contributed by atoms with van der Waals surface area (Å²) in [6.45, 7) is 0. The molecule has 0 aliphatic heterocycles. The van der Waals surface area contributed by atoms with Gasteiger partial charge in [-0.05, 0) is 6.07 Å². The van der Waals surface area contributed by atoms with Gasteiger partial charge in [0.15, 0.2) is 0 Å². The van der Waals surface area contributed by atoms with E-state index in [1.807, 2.05) is 6.07 Å². The Bertz CT molecular complexity index is 544. The molecular weight excluding hydrogens is 186 g/mol. The Hall–Kier alpha value is -2.02. The number of halogens is 2. The van der Waals surface area contributed by atoms with Gasteiger partial charge in [0.05, 0.1) is 5.56 Å². The van der Waals surface area contributed by atoms with E-state index in [1.54, 1.807) is 0 Å². The molecule has 0 saturated carbocycles. The van der Waals surface area contributed by atoms with E-state index in [1.165, 1.54) is 12.4 Å². The lowest BCUT2D eigenvalue weighted by molar-refractivity contribution is 0.592. The van der Waals surface area contributed by atoms with Crippen LogP contribution in [0, 0.1) is 23.0 Å². The maximum Gasteiger partial charge on any atom is 0.135 e. The molecule has 14 heavy (non-hydrogen) atoms. The normalized spacial score (nSPS) is 10.1. The highest BCUT2D eigenvalue weighted by Gasteiger charge is 2.07. The quantitative estimate of drug-likeness (QED) is 0.639. The Morgan fingerprint density at radius 1 is 1.14 bits per heavy atom. The molecule has 0 atom stereocenters. The van der Waals surface area contributed by atoms with Gasteiger partial charge in [0.25, 0.3) is 0 Å². The van der Waals surface area contributed by atoms with Gasteiger partial charge < -0.3 is 0 Å². The van der Waals surface area contributed by atoms with Crippen molar-refractivity contribution in [3.8, 4) is 6.07 Å². The zero-order chi connectivity index (χ0) is 10.1. The van der Waals surface area contributed by atoms with Crippen LogP contribution in [0.1, 0.15) is 5.56 Å². The van der Waals surface area contributed by atoms with Crippen molar-refractivity contribution in [2.24, 2.45) is 0 Å². The lowest BCUT2D eigenvalue weighted by Crippen LogP contribution is -1.88. The van der Waals surface area contributed by atoms with Crippen LogP contribution in [0.25, 0.3) is 10.8 Å². The van der Waals surface area contributed by atoms with Crippen molar-refractivity contribution in [1.82, 2.24) is 4.98 Å². The first-order valence-electron chi connectivity index (χ1n) is 3.85. The summed E-state index contributed by atoms with van der Waals surface area (Å²) in [5.41, 5.74) is 0.167. The van der Waals surface area contributed by atoms with E-state index in [4.69, 9.17) is 5.26 Å². The van der Waals surface area contributed by atoms with Crippen LogP contribution in [0.3, 0.4) is 0 Å². The molecule has 0 amide bonds. The van der Waals surface area contributed by atoms with E-state index in [9.17, 15) is 8.78 Å². The zero-order valence-corrected chi connectivity index (χ0v) is 6.96. The fraction of sp³-hybridized carbons (Fsp3) is 0. The molecule has 0 radical (unpaired) electrons. The number of pyridine rings is 1. The smallest absolute Gasteiger partial charge is 0.135 e. The summed E-state index contributed by atoms with van der Waals surface area (Å²) in [6, 6.07) is 3.72. The molecule has 0 spiro atoms. The van der Waals surface area contributed by atoms with E-state index >= 15 is 0 Å². The van der Waals surface area contributed by atoms with Crippen molar-refractivity contribution in [2.45, 2.75) is 0 Å². The second-order valence-corrected chi connectivity index (χ2v) is 2.78. The third-order valence-corrected chi connectivity index (χ3v) is 1.91. The number of aromatic nitrogens is 1. The van der Waals surface area contributed by atoms with Crippen LogP contribution in [0.15, 0.2) is 24.5 Å². The average Bonchev–Trinajstić information content (AvgIpc) is 2.17. The maximum atomic E-state index is 13.2. The van der Waals surface area contributed by atoms with Gasteiger partial charge in [-0.2, -0.15) is 5.26 Å². The maximum absolute atomic E-state index is 13.2. The van der Waals surface area contributed by atoms with Crippen molar-refractivity contribution in [3.05, 3.63) is 41.7 Å². The monoisotopic (exact) mass is 190 g/mol. The van der Waals surface area contributed by atoms with Gasteiger partial charge in [-0.25, -0.2) is 8.78 Å². The Morgan fingerprint density at radius 3 is 2.64 bits per heavy atom. The molecule has 0 bridgehead atoms. The van der Waals surface area contributed by atoms with Gasteiger partial charge in [0.1, 0.15) is 17.7 Å². The third kappa shape index (κ3) is 1.19. The summed E-state index contributed by atoms with van der Waals surface area (Å²) >= 11 is 0. The summed E-state index contributed by atoms with van der Waals surface area (Å²) in [5, 5.41) is 9.09. The average molecular weight is 190 g/mol. The molecule has 1 aromatic carbocycles. The van der Waals surface area contributed by atoms with Gasteiger partial charge in [-0.1, -0.05) is 0 Å². The van der Waals surface area contributed by atoms with Crippen molar-refractivity contribution < 1.29 is 8.78 Å². The summed E-state index contributed by atoms with van der Waals surface area (Å²) in [7, 11) is 0. The molecule has 0 fully saturated rings. The third-order valence-electron chi connectivity index (χ3n) is 1.91. The minimum Gasteiger partial charge on any atom is -0.263 e. The Labute approximate surface area is 78.4 Å². The molecule has 0 aliphatic rings. The van der Waals surface area contributed by atoms with Gasteiger partial charge in [0.2, 0.25) is 0 Å². The molecule has 0 N–H and O–H groups in total. The zero-order valence-electron chi connectivity index (χ0n) is 6.96. The first-order chi connectivity index (χ1) is 6.72. The molecule has 0 unspecified atom stereocenters. The molecule has 2 nitrogen and oxygen atoms in total. The number of hydrogen-bond donors (Lipinski definition) is 0. The lowest BCUT2D eigenvalue weighted by Gasteiger charge is -2.00. The first-order valence-corrected chi connectivity index (χ1v) is 3.85. The van der Waals surface area contributed by atoms with Crippen molar-refractivity contribution >= 4 is 10.8 Å². The van der Waals surface area contributed by atoms with Gasteiger partial charge in [-0.15, -0.1) is 0 Å². The summed E-state index contributed by atoms with van der Waals surface area (Å²) in [4.78, 5) is 3.69.